The summed E-state index contributed by atoms with van der Waals surface area (Å²) in [6.45, 7) is 4.12. The van der Waals surface area contributed by atoms with E-state index in [9.17, 15) is 0 Å². The zero-order valence-electron chi connectivity index (χ0n) is 21.3. The lowest BCUT2D eigenvalue weighted by molar-refractivity contribution is 0.116. The molecule has 1 saturated heterocycles. The third kappa shape index (κ3) is 4.80. The van der Waals surface area contributed by atoms with Gasteiger partial charge in [-0.2, -0.15) is 0 Å². The molecule has 0 saturated carbocycles. The Bertz CT molecular complexity index is 1570. The number of likely N-dealkylation sites (tertiary alicyclic amines) is 1. The lowest BCUT2D eigenvalue weighted by Crippen LogP contribution is -2.35. The standard InChI is InChI=1S/C29H30N6O2/c1-19-15-20(7-10-26(19)37-22-8-9-25-24(16-22)32-18-35(25)3)33-29-28-23(30-17-31-29)5-4-6-27(28)36-21-11-13-34(2)14-12-21/h4-10,15-18,21H,11-14H2,1-3H3,(H,30,31,33). The molecule has 0 spiro atoms. The molecule has 1 N–H and O–H groups in total. The van der Waals surface area contributed by atoms with Crippen LogP contribution in [-0.2, 0) is 7.05 Å². The number of hydrogen-bond acceptors (Lipinski definition) is 7. The van der Waals surface area contributed by atoms with Crippen molar-refractivity contribution in [3.05, 3.63) is 72.8 Å². The van der Waals surface area contributed by atoms with E-state index < -0.39 is 0 Å². The van der Waals surface area contributed by atoms with Gasteiger partial charge in [0.05, 0.1) is 28.3 Å². The maximum Gasteiger partial charge on any atom is 0.145 e. The van der Waals surface area contributed by atoms with Gasteiger partial charge < -0.3 is 24.3 Å². The van der Waals surface area contributed by atoms with Crippen molar-refractivity contribution in [3.8, 4) is 17.2 Å². The normalized spacial score (nSPS) is 14.8. The second-order valence-electron chi connectivity index (χ2n) is 9.71. The van der Waals surface area contributed by atoms with Gasteiger partial charge in [0.2, 0.25) is 0 Å². The minimum atomic E-state index is 0.193. The highest BCUT2D eigenvalue weighted by molar-refractivity contribution is 5.95. The van der Waals surface area contributed by atoms with Crippen molar-refractivity contribution in [1.29, 1.82) is 0 Å². The van der Waals surface area contributed by atoms with Crippen molar-refractivity contribution < 1.29 is 9.47 Å². The first kappa shape index (κ1) is 23.2. The van der Waals surface area contributed by atoms with Crippen LogP contribution in [0.5, 0.6) is 17.2 Å². The quantitative estimate of drug-likeness (QED) is 0.318. The molecule has 1 aliphatic rings. The van der Waals surface area contributed by atoms with Crippen LogP contribution in [0, 0.1) is 6.92 Å². The van der Waals surface area contributed by atoms with Crippen molar-refractivity contribution in [2.45, 2.75) is 25.9 Å². The number of fused-ring (bicyclic) bond motifs is 2. The summed E-state index contributed by atoms with van der Waals surface area (Å²) in [5.74, 6) is 3.09. The van der Waals surface area contributed by atoms with Crippen LogP contribution in [0.25, 0.3) is 21.9 Å². The average molecular weight is 495 g/mol. The van der Waals surface area contributed by atoms with Crippen LogP contribution in [-0.4, -0.2) is 50.7 Å². The number of hydrogen-bond donors (Lipinski definition) is 1. The lowest BCUT2D eigenvalue weighted by Gasteiger charge is -2.29. The number of nitrogens with one attached hydrogen (secondary N) is 1. The molecule has 0 amide bonds. The van der Waals surface area contributed by atoms with Crippen molar-refractivity contribution in [2.24, 2.45) is 7.05 Å². The van der Waals surface area contributed by atoms with E-state index in [1.807, 2.05) is 67.1 Å². The number of benzene rings is 3. The molecule has 37 heavy (non-hydrogen) atoms. The molecule has 6 rings (SSSR count). The number of aryl methyl sites for hydroxylation is 2. The Hall–Kier alpha value is -4.17. The Morgan fingerprint density at radius 2 is 1.76 bits per heavy atom. The summed E-state index contributed by atoms with van der Waals surface area (Å²) in [7, 11) is 4.14. The van der Waals surface area contributed by atoms with E-state index in [1.165, 1.54) is 0 Å². The molecule has 0 bridgehead atoms. The molecular formula is C29H30N6O2. The fourth-order valence-electron chi connectivity index (χ4n) is 4.84. The van der Waals surface area contributed by atoms with Gasteiger partial charge in [-0.3, -0.25) is 0 Å². The number of nitrogens with zero attached hydrogens (tertiary/aromatic N) is 5. The molecule has 1 aliphatic heterocycles. The topological polar surface area (TPSA) is 77.3 Å². The number of rotatable bonds is 6. The first-order valence-corrected chi connectivity index (χ1v) is 12.6. The SMILES string of the molecule is Cc1cc(Nc2ncnc3cccc(OC4CCN(C)CC4)c23)ccc1Oc1ccc2c(c1)ncn2C. The predicted molar refractivity (Wildman–Crippen MR) is 146 cm³/mol. The molecule has 8 heteroatoms. The second kappa shape index (κ2) is 9.71. The van der Waals surface area contributed by atoms with E-state index in [-0.39, 0.29) is 6.10 Å². The molecule has 1 fully saturated rings. The number of ether oxygens (including phenoxy) is 2. The van der Waals surface area contributed by atoms with E-state index in [1.54, 1.807) is 12.7 Å². The Morgan fingerprint density at radius 1 is 0.892 bits per heavy atom. The summed E-state index contributed by atoms with van der Waals surface area (Å²) in [5.41, 5.74) is 4.75. The summed E-state index contributed by atoms with van der Waals surface area (Å²) in [6, 6.07) is 18.0. The van der Waals surface area contributed by atoms with E-state index in [0.29, 0.717) is 0 Å². The summed E-state index contributed by atoms with van der Waals surface area (Å²) < 4.78 is 14.6. The monoisotopic (exact) mass is 494 g/mol. The second-order valence-corrected chi connectivity index (χ2v) is 9.71. The van der Waals surface area contributed by atoms with E-state index >= 15 is 0 Å². The van der Waals surface area contributed by atoms with Crippen molar-refractivity contribution >= 4 is 33.4 Å². The van der Waals surface area contributed by atoms with E-state index in [0.717, 1.165) is 82.2 Å². The average Bonchev–Trinajstić information content (AvgIpc) is 3.27. The molecule has 2 aromatic heterocycles. The van der Waals surface area contributed by atoms with Crippen LogP contribution in [0.4, 0.5) is 11.5 Å². The van der Waals surface area contributed by atoms with Crippen LogP contribution in [0.3, 0.4) is 0 Å². The van der Waals surface area contributed by atoms with Gasteiger partial charge in [-0.1, -0.05) is 6.07 Å². The smallest absolute Gasteiger partial charge is 0.145 e. The van der Waals surface area contributed by atoms with Gasteiger partial charge in [0.15, 0.2) is 0 Å². The lowest BCUT2D eigenvalue weighted by atomic mass is 10.1. The van der Waals surface area contributed by atoms with Gasteiger partial charge in [-0.05, 0) is 74.8 Å². The van der Waals surface area contributed by atoms with Gasteiger partial charge >= 0.3 is 0 Å². The minimum absolute atomic E-state index is 0.193. The Balaban J connectivity index is 1.24. The largest absolute Gasteiger partial charge is 0.489 e. The number of imidazole rings is 1. The van der Waals surface area contributed by atoms with Gasteiger partial charge in [-0.15, -0.1) is 0 Å². The third-order valence-electron chi connectivity index (χ3n) is 6.95. The summed E-state index contributed by atoms with van der Waals surface area (Å²) in [6.07, 6.45) is 5.61. The molecule has 0 aliphatic carbocycles. The Labute approximate surface area is 215 Å². The van der Waals surface area contributed by atoms with Crippen LogP contribution in [0.2, 0.25) is 0 Å². The first-order chi connectivity index (χ1) is 18.0. The molecule has 188 valence electrons. The van der Waals surface area contributed by atoms with Crippen molar-refractivity contribution in [2.75, 3.05) is 25.5 Å². The predicted octanol–water partition coefficient (Wildman–Crippen LogP) is 5.83. The van der Waals surface area contributed by atoms with E-state index in [4.69, 9.17) is 9.47 Å². The van der Waals surface area contributed by atoms with Crippen LogP contribution < -0.4 is 14.8 Å². The highest BCUT2D eigenvalue weighted by Gasteiger charge is 2.20. The maximum atomic E-state index is 6.46. The molecule has 3 aromatic carbocycles. The van der Waals surface area contributed by atoms with Crippen molar-refractivity contribution in [3.63, 3.8) is 0 Å². The summed E-state index contributed by atoms with van der Waals surface area (Å²) >= 11 is 0. The van der Waals surface area contributed by atoms with E-state index in [2.05, 4.69) is 38.3 Å². The third-order valence-corrected chi connectivity index (χ3v) is 6.95. The van der Waals surface area contributed by atoms with Crippen LogP contribution in [0.15, 0.2) is 67.3 Å². The fraction of sp³-hybridized carbons (Fsp3) is 0.276. The fourth-order valence-corrected chi connectivity index (χ4v) is 4.84. The summed E-state index contributed by atoms with van der Waals surface area (Å²) in [4.78, 5) is 15.8. The zero-order chi connectivity index (χ0) is 25.4. The number of anilines is 2. The molecule has 5 aromatic rings. The van der Waals surface area contributed by atoms with Gasteiger partial charge in [0.25, 0.3) is 0 Å². The maximum absolute atomic E-state index is 6.46. The molecule has 0 atom stereocenters. The highest BCUT2D eigenvalue weighted by Crippen LogP contribution is 2.35. The zero-order valence-corrected chi connectivity index (χ0v) is 21.3. The Morgan fingerprint density at radius 3 is 2.59 bits per heavy atom. The molecule has 3 heterocycles. The summed E-state index contributed by atoms with van der Waals surface area (Å²) in [5, 5.41) is 4.38. The van der Waals surface area contributed by atoms with Crippen LogP contribution in [0.1, 0.15) is 18.4 Å². The number of aromatic nitrogens is 4. The highest BCUT2D eigenvalue weighted by atomic mass is 16.5. The molecule has 0 radical (unpaired) electrons. The van der Waals surface area contributed by atoms with Crippen molar-refractivity contribution in [1.82, 2.24) is 24.4 Å². The van der Waals surface area contributed by atoms with Crippen LogP contribution >= 0.6 is 0 Å². The van der Waals surface area contributed by atoms with Gasteiger partial charge in [-0.25, -0.2) is 15.0 Å². The Kier molecular flexibility index (Phi) is 6.10. The molecular weight excluding hydrogens is 464 g/mol. The molecule has 0 unspecified atom stereocenters. The number of piperidine rings is 1. The molecule has 8 nitrogen and oxygen atoms in total. The van der Waals surface area contributed by atoms with Gasteiger partial charge in [0, 0.05) is 31.9 Å². The minimum Gasteiger partial charge on any atom is -0.489 e. The first-order valence-electron chi connectivity index (χ1n) is 12.6. The van der Waals surface area contributed by atoms with Gasteiger partial charge in [0.1, 0.15) is 35.5 Å².